The smallest absolute Gasteiger partial charge is 0.319 e. The number of sulfonamides is 1. The topological polar surface area (TPSA) is 130 Å². The van der Waals surface area contributed by atoms with E-state index in [-0.39, 0.29) is 10.9 Å². The van der Waals surface area contributed by atoms with Gasteiger partial charge in [-0.25, -0.2) is 18.4 Å². The summed E-state index contributed by atoms with van der Waals surface area (Å²) in [4.78, 5) is 12.2. The lowest BCUT2D eigenvalue weighted by atomic mass is 10.1. The molecular formula is C21H19N5O3S. The predicted molar refractivity (Wildman–Crippen MR) is 115 cm³/mol. The molecule has 0 bridgehead atoms. The molecule has 0 radical (unpaired) electrons. The lowest BCUT2D eigenvalue weighted by Gasteiger charge is -2.08. The van der Waals surface area contributed by atoms with Gasteiger partial charge in [0.15, 0.2) is 0 Å². The number of H-pyrrole nitrogens is 1. The third-order valence-corrected chi connectivity index (χ3v) is 5.46. The molecule has 0 fully saturated rings. The van der Waals surface area contributed by atoms with Crippen LogP contribution in [0.2, 0.25) is 0 Å². The zero-order valence-corrected chi connectivity index (χ0v) is 16.6. The molecule has 1 heterocycles. The first-order valence-electron chi connectivity index (χ1n) is 9.10. The highest BCUT2D eigenvalue weighted by molar-refractivity contribution is 7.89. The Bertz CT molecular complexity index is 1320. The number of nitrogens with one attached hydrogen (secondary N) is 3. The van der Waals surface area contributed by atoms with Crippen molar-refractivity contribution in [3.05, 3.63) is 78.4 Å². The molecule has 3 aromatic carbocycles. The first-order valence-corrected chi connectivity index (χ1v) is 10.6. The second-order valence-corrected chi connectivity index (χ2v) is 8.26. The molecule has 0 atom stereocenters. The highest BCUT2D eigenvalue weighted by Gasteiger charge is 2.13. The van der Waals surface area contributed by atoms with Gasteiger partial charge in [-0.2, -0.15) is 5.10 Å². The van der Waals surface area contributed by atoms with Crippen molar-refractivity contribution in [2.75, 3.05) is 5.32 Å². The van der Waals surface area contributed by atoms with Crippen LogP contribution in [-0.4, -0.2) is 24.6 Å². The van der Waals surface area contributed by atoms with E-state index in [2.05, 4.69) is 20.8 Å². The van der Waals surface area contributed by atoms with Gasteiger partial charge in [-0.05, 0) is 35.9 Å². The van der Waals surface area contributed by atoms with Crippen molar-refractivity contribution < 1.29 is 13.2 Å². The number of aromatic nitrogens is 2. The molecule has 152 valence electrons. The summed E-state index contributed by atoms with van der Waals surface area (Å²) in [6.45, 7) is 0.409. The summed E-state index contributed by atoms with van der Waals surface area (Å²) in [5.41, 5.74) is 3.48. The van der Waals surface area contributed by atoms with Crippen LogP contribution in [0.1, 0.15) is 5.56 Å². The largest absolute Gasteiger partial charge is 0.334 e. The average molecular weight is 421 g/mol. The maximum Gasteiger partial charge on any atom is 0.319 e. The van der Waals surface area contributed by atoms with Crippen LogP contribution in [0.4, 0.5) is 10.5 Å². The number of fused-ring (bicyclic) bond motifs is 1. The van der Waals surface area contributed by atoms with E-state index in [9.17, 15) is 13.2 Å². The Balaban J connectivity index is 1.57. The Morgan fingerprint density at radius 3 is 2.57 bits per heavy atom. The van der Waals surface area contributed by atoms with Gasteiger partial charge in [0.05, 0.1) is 10.4 Å². The summed E-state index contributed by atoms with van der Waals surface area (Å²) in [5.74, 6) is 0. The fourth-order valence-corrected chi connectivity index (χ4v) is 3.65. The predicted octanol–water partition coefficient (Wildman–Crippen LogP) is 3.20. The number of primary sulfonamides is 1. The van der Waals surface area contributed by atoms with Gasteiger partial charge in [-0.3, -0.25) is 5.10 Å². The number of hydrogen-bond acceptors (Lipinski definition) is 4. The van der Waals surface area contributed by atoms with E-state index in [4.69, 9.17) is 5.14 Å². The highest BCUT2D eigenvalue weighted by Crippen LogP contribution is 2.29. The van der Waals surface area contributed by atoms with Crippen LogP contribution >= 0.6 is 0 Å². The van der Waals surface area contributed by atoms with Gasteiger partial charge in [0.25, 0.3) is 0 Å². The van der Waals surface area contributed by atoms with Gasteiger partial charge in [-0.15, -0.1) is 0 Å². The summed E-state index contributed by atoms with van der Waals surface area (Å²) in [6.07, 6.45) is 0. The van der Waals surface area contributed by atoms with Gasteiger partial charge in [0, 0.05) is 23.2 Å². The fourth-order valence-electron chi connectivity index (χ4n) is 3.09. The van der Waals surface area contributed by atoms with E-state index < -0.39 is 10.0 Å². The zero-order valence-electron chi connectivity index (χ0n) is 15.8. The van der Waals surface area contributed by atoms with Crippen LogP contribution in [0.5, 0.6) is 0 Å². The van der Waals surface area contributed by atoms with Gasteiger partial charge in [0.2, 0.25) is 10.0 Å². The Kier molecular flexibility index (Phi) is 5.21. The van der Waals surface area contributed by atoms with Crippen LogP contribution < -0.4 is 15.8 Å². The molecule has 0 aliphatic heterocycles. The molecule has 1 aromatic heterocycles. The normalized spacial score (nSPS) is 11.4. The minimum atomic E-state index is -3.83. The van der Waals surface area contributed by atoms with Crippen LogP contribution in [0.15, 0.2) is 77.7 Å². The first-order chi connectivity index (χ1) is 14.4. The molecule has 30 heavy (non-hydrogen) atoms. The van der Waals surface area contributed by atoms with Crippen LogP contribution in [0.25, 0.3) is 22.2 Å². The van der Waals surface area contributed by atoms with E-state index >= 15 is 0 Å². The van der Waals surface area contributed by atoms with Gasteiger partial charge < -0.3 is 10.6 Å². The van der Waals surface area contributed by atoms with Crippen molar-refractivity contribution in [2.24, 2.45) is 5.14 Å². The third kappa shape index (κ3) is 4.32. The first kappa shape index (κ1) is 19.6. The SMILES string of the molecule is NS(=O)(=O)c1cccc(-c2n[nH]c3ccc(NC(=O)NCc4ccccc4)cc23)c1. The van der Waals surface area contributed by atoms with E-state index in [0.29, 0.717) is 23.5 Å². The number of rotatable bonds is 5. The summed E-state index contributed by atoms with van der Waals surface area (Å²) in [5, 5.41) is 18.8. The standard InChI is InChI=1S/C21H19N5O3S/c22-30(28,29)17-8-4-7-15(11-17)20-18-12-16(9-10-19(18)25-26-20)24-21(27)23-13-14-5-2-1-3-6-14/h1-12H,13H2,(H,25,26)(H2,22,28,29)(H2,23,24,27). The number of hydrogen-bond donors (Lipinski definition) is 4. The number of carbonyl (C=O) groups excluding carboxylic acids is 1. The number of benzene rings is 3. The molecule has 4 aromatic rings. The molecule has 0 aliphatic rings. The summed E-state index contributed by atoms with van der Waals surface area (Å²) >= 11 is 0. The van der Waals surface area contributed by atoms with Crippen molar-refractivity contribution in [2.45, 2.75) is 11.4 Å². The maximum atomic E-state index is 12.2. The minimum Gasteiger partial charge on any atom is -0.334 e. The molecule has 9 heteroatoms. The van der Waals surface area contributed by atoms with E-state index in [1.54, 1.807) is 30.3 Å². The molecule has 4 rings (SSSR count). The molecule has 5 N–H and O–H groups in total. The summed E-state index contributed by atoms with van der Waals surface area (Å²) in [6, 6.07) is 20.8. The van der Waals surface area contributed by atoms with Crippen molar-refractivity contribution in [1.29, 1.82) is 0 Å². The van der Waals surface area contributed by atoms with Gasteiger partial charge in [-0.1, -0.05) is 42.5 Å². The molecule has 0 saturated heterocycles. The molecule has 8 nitrogen and oxygen atoms in total. The summed E-state index contributed by atoms with van der Waals surface area (Å²) < 4.78 is 23.3. The number of aromatic amines is 1. The Morgan fingerprint density at radius 2 is 1.80 bits per heavy atom. The van der Waals surface area contributed by atoms with Crippen molar-refractivity contribution in [3.63, 3.8) is 0 Å². The minimum absolute atomic E-state index is 0.00530. The van der Waals surface area contributed by atoms with Gasteiger partial charge in [0.1, 0.15) is 5.69 Å². The second kappa shape index (κ2) is 7.97. The van der Waals surface area contributed by atoms with Crippen LogP contribution in [0.3, 0.4) is 0 Å². The molecule has 2 amide bonds. The number of nitrogens with zero attached hydrogens (tertiary/aromatic N) is 1. The third-order valence-electron chi connectivity index (χ3n) is 4.55. The highest BCUT2D eigenvalue weighted by atomic mass is 32.2. The second-order valence-electron chi connectivity index (χ2n) is 6.70. The number of amides is 2. The van der Waals surface area contributed by atoms with Crippen molar-refractivity contribution in [1.82, 2.24) is 15.5 Å². The van der Waals surface area contributed by atoms with Crippen LogP contribution in [-0.2, 0) is 16.6 Å². The molecule has 0 unspecified atom stereocenters. The summed E-state index contributed by atoms with van der Waals surface area (Å²) in [7, 11) is -3.83. The number of carbonyl (C=O) groups is 1. The Morgan fingerprint density at radius 1 is 1.00 bits per heavy atom. The zero-order chi connectivity index (χ0) is 21.1. The Hall–Kier alpha value is -3.69. The molecule has 0 spiro atoms. The molecule has 0 aliphatic carbocycles. The fraction of sp³-hybridized carbons (Fsp3) is 0.0476. The maximum absolute atomic E-state index is 12.2. The number of nitrogens with two attached hydrogens (primary N) is 1. The molecule has 0 saturated carbocycles. The number of urea groups is 1. The van der Waals surface area contributed by atoms with E-state index in [1.807, 2.05) is 30.3 Å². The quantitative estimate of drug-likeness (QED) is 0.394. The van der Waals surface area contributed by atoms with Crippen molar-refractivity contribution >= 4 is 32.6 Å². The number of anilines is 1. The van der Waals surface area contributed by atoms with E-state index in [1.165, 1.54) is 12.1 Å². The monoisotopic (exact) mass is 421 g/mol. The lowest BCUT2D eigenvalue weighted by molar-refractivity contribution is 0.251. The molecular weight excluding hydrogens is 402 g/mol. The average Bonchev–Trinajstić information content (AvgIpc) is 3.16. The van der Waals surface area contributed by atoms with Crippen LogP contribution in [0, 0.1) is 0 Å². The van der Waals surface area contributed by atoms with Gasteiger partial charge >= 0.3 is 6.03 Å². The van der Waals surface area contributed by atoms with E-state index in [0.717, 1.165) is 16.5 Å². The lowest BCUT2D eigenvalue weighted by Crippen LogP contribution is -2.28. The van der Waals surface area contributed by atoms with Crippen molar-refractivity contribution in [3.8, 4) is 11.3 Å². The Labute approximate surface area is 173 Å².